The van der Waals surface area contributed by atoms with E-state index in [-0.39, 0.29) is 5.91 Å². The summed E-state index contributed by atoms with van der Waals surface area (Å²) in [6, 6.07) is 30.2. The van der Waals surface area contributed by atoms with Gasteiger partial charge >= 0.3 is 0 Å². The number of morpholine rings is 1. The molecule has 0 aliphatic carbocycles. The first-order chi connectivity index (χ1) is 23.6. The molecule has 0 atom stereocenters. The van der Waals surface area contributed by atoms with E-state index in [1.54, 1.807) is 0 Å². The molecule has 1 saturated heterocycles. The number of fused-ring (bicyclic) bond motifs is 3. The van der Waals surface area contributed by atoms with Crippen LogP contribution in [0.2, 0.25) is 5.02 Å². The summed E-state index contributed by atoms with van der Waals surface area (Å²) < 4.78 is 13.7. The maximum Gasteiger partial charge on any atom is 0.257 e. The molecule has 0 spiro atoms. The Labute approximate surface area is 283 Å². The quantitative estimate of drug-likeness (QED) is 0.172. The van der Waals surface area contributed by atoms with Gasteiger partial charge in [-0.15, -0.1) is 0 Å². The van der Waals surface area contributed by atoms with Gasteiger partial charge in [-0.1, -0.05) is 35.9 Å². The number of rotatable bonds is 8. The molecule has 6 aromatic rings. The molecule has 0 bridgehead atoms. The number of ether oxygens (including phenoxy) is 2. The number of hydrogen-bond donors (Lipinski definition) is 2. The van der Waals surface area contributed by atoms with E-state index in [2.05, 4.69) is 55.5 Å². The van der Waals surface area contributed by atoms with Gasteiger partial charge in [0.15, 0.2) is 0 Å². The van der Waals surface area contributed by atoms with Crippen molar-refractivity contribution in [1.29, 1.82) is 0 Å². The zero-order chi connectivity index (χ0) is 32.5. The summed E-state index contributed by atoms with van der Waals surface area (Å²) in [4.78, 5) is 20.1. The predicted molar refractivity (Wildman–Crippen MR) is 192 cm³/mol. The molecule has 4 aromatic carbocycles. The van der Waals surface area contributed by atoms with Gasteiger partial charge in [0.2, 0.25) is 0 Å². The Morgan fingerprint density at radius 3 is 2.46 bits per heavy atom. The summed E-state index contributed by atoms with van der Waals surface area (Å²) in [5.74, 6) is 0.693. The normalized spacial score (nSPS) is 14.1. The smallest absolute Gasteiger partial charge is 0.257 e. The average molecular weight is 656 g/mol. The fourth-order valence-corrected chi connectivity index (χ4v) is 6.58. The van der Waals surface area contributed by atoms with Gasteiger partial charge in [-0.25, -0.2) is 0 Å². The molecule has 240 valence electrons. The Morgan fingerprint density at radius 1 is 0.812 bits per heavy atom. The third kappa shape index (κ3) is 6.20. The lowest BCUT2D eigenvalue weighted by Gasteiger charge is -2.28. The van der Waals surface area contributed by atoms with Gasteiger partial charge in [0, 0.05) is 60.1 Å². The number of aromatic nitrogens is 2. The van der Waals surface area contributed by atoms with E-state index >= 15 is 0 Å². The Bertz CT molecular complexity index is 2100. The van der Waals surface area contributed by atoms with Crippen LogP contribution in [0.15, 0.2) is 110 Å². The molecule has 2 N–H and O–H groups in total. The van der Waals surface area contributed by atoms with Crippen molar-refractivity contribution in [3.05, 3.63) is 131 Å². The van der Waals surface area contributed by atoms with Crippen molar-refractivity contribution in [2.24, 2.45) is 0 Å². The SMILES string of the molecule is O=C1Nc2cc(CCOc3ccc(N4CCOCC4)cc3)ccc2Nc2cc(-c3cn(Cc4ccc(Cl)cc4)c4cnccc34)ccc21. The second kappa shape index (κ2) is 13.1. The third-order valence-corrected chi connectivity index (χ3v) is 9.25. The summed E-state index contributed by atoms with van der Waals surface area (Å²) in [5.41, 5.74) is 9.47. The van der Waals surface area contributed by atoms with Gasteiger partial charge in [-0.3, -0.25) is 9.78 Å². The van der Waals surface area contributed by atoms with Gasteiger partial charge in [0.05, 0.1) is 54.2 Å². The highest BCUT2D eigenvalue weighted by molar-refractivity contribution is 6.30. The number of nitrogens with zero attached hydrogens (tertiary/aromatic N) is 3. The van der Waals surface area contributed by atoms with Crippen LogP contribution in [0.1, 0.15) is 21.5 Å². The fraction of sp³-hybridized carbons (Fsp3) is 0.179. The second-order valence-corrected chi connectivity index (χ2v) is 12.5. The van der Waals surface area contributed by atoms with Gasteiger partial charge < -0.3 is 29.6 Å². The Hall–Kier alpha value is -5.31. The van der Waals surface area contributed by atoms with E-state index in [0.29, 0.717) is 30.2 Å². The zero-order valence-electron chi connectivity index (χ0n) is 26.3. The van der Waals surface area contributed by atoms with Crippen LogP contribution in [-0.2, 0) is 17.7 Å². The van der Waals surface area contributed by atoms with E-state index < -0.39 is 0 Å². The van der Waals surface area contributed by atoms with Crippen LogP contribution in [0.5, 0.6) is 5.75 Å². The summed E-state index contributed by atoms with van der Waals surface area (Å²) in [7, 11) is 0. The number of halogens is 1. The maximum atomic E-state index is 13.4. The first kappa shape index (κ1) is 30.1. The van der Waals surface area contributed by atoms with Crippen LogP contribution in [0.25, 0.3) is 22.0 Å². The molecule has 4 heterocycles. The summed E-state index contributed by atoms with van der Waals surface area (Å²) >= 11 is 6.12. The standard InChI is InChI=1S/C39H34ClN5O3/c40-29-5-1-27(2-6-29)24-45-25-34(32-13-15-41-23-38(32)45)28-4-11-33-36(22-28)42-35-12-3-26(21-37(35)43-39(33)46)14-18-48-31-9-7-30(8-10-31)44-16-19-47-20-17-44/h1-13,15,21-23,25,42H,14,16-20,24H2,(H,43,46). The molecular formula is C39H34ClN5O3. The number of carbonyl (C=O) groups is 1. The van der Waals surface area contributed by atoms with Gasteiger partial charge in [-0.05, 0) is 83.4 Å². The highest BCUT2D eigenvalue weighted by Gasteiger charge is 2.21. The van der Waals surface area contributed by atoms with Crippen molar-refractivity contribution < 1.29 is 14.3 Å². The van der Waals surface area contributed by atoms with Gasteiger partial charge in [0.1, 0.15) is 5.75 Å². The maximum absolute atomic E-state index is 13.4. The number of pyridine rings is 1. The van der Waals surface area contributed by atoms with Crippen LogP contribution in [0, 0.1) is 0 Å². The van der Waals surface area contributed by atoms with Crippen molar-refractivity contribution in [3.8, 4) is 16.9 Å². The molecule has 0 radical (unpaired) electrons. The number of amides is 1. The highest BCUT2D eigenvalue weighted by atomic mass is 35.5. The topological polar surface area (TPSA) is 80.6 Å². The van der Waals surface area contributed by atoms with Crippen LogP contribution < -0.4 is 20.3 Å². The molecule has 8 rings (SSSR count). The monoisotopic (exact) mass is 655 g/mol. The number of benzene rings is 4. The number of nitrogens with one attached hydrogen (secondary N) is 2. The minimum atomic E-state index is -0.147. The Kier molecular flexibility index (Phi) is 8.18. The minimum Gasteiger partial charge on any atom is -0.493 e. The van der Waals surface area contributed by atoms with E-state index in [9.17, 15) is 4.79 Å². The molecule has 0 saturated carbocycles. The summed E-state index contributed by atoms with van der Waals surface area (Å²) in [5, 5.41) is 8.45. The van der Waals surface area contributed by atoms with Gasteiger partial charge in [-0.2, -0.15) is 0 Å². The Morgan fingerprint density at radius 2 is 1.62 bits per heavy atom. The van der Waals surface area contributed by atoms with Crippen molar-refractivity contribution in [3.63, 3.8) is 0 Å². The number of carbonyl (C=O) groups excluding carboxylic acids is 1. The zero-order valence-corrected chi connectivity index (χ0v) is 27.0. The third-order valence-electron chi connectivity index (χ3n) is 9.00. The van der Waals surface area contributed by atoms with E-state index in [1.807, 2.05) is 79.1 Å². The van der Waals surface area contributed by atoms with Crippen LogP contribution >= 0.6 is 11.6 Å². The average Bonchev–Trinajstić information content (AvgIpc) is 3.42. The van der Waals surface area contributed by atoms with E-state index in [4.69, 9.17) is 21.1 Å². The van der Waals surface area contributed by atoms with E-state index in [0.717, 1.165) is 82.3 Å². The lowest BCUT2D eigenvalue weighted by molar-refractivity contribution is 0.102. The number of anilines is 4. The van der Waals surface area contributed by atoms with E-state index in [1.165, 1.54) is 5.69 Å². The molecule has 9 heteroatoms. The predicted octanol–water partition coefficient (Wildman–Crippen LogP) is 8.17. The first-order valence-corrected chi connectivity index (χ1v) is 16.5. The molecule has 1 fully saturated rings. The molecule has 2 aromatic heterocycles. The lowest BCUT2D eigenvalue weighted by atomic mass is 10.0. The molecule has 0 unspecified atom stereocenters. The molecule has 1 amide bonds. The second-order valence-electron chi connectivity index (χ2n) is 12.1. The Balaban J connectivity index is 0.985. The van der Waals surface area contributed by atoms with Gasteiger partial charge in [0.25, 0.3) is 5.91 Å². The van der Waals surface area contributed by atoms with Crippen molar-refractivity contribution in [2.45, 2.75) is 13.0 Å². The molecule has 2 aliphatic rings. The van der Waals surface area contributed by atoms with Crippen molar-refractivity contribution in [2.75, 3.05) is 48.4 Å². The molecule has 48 heavy (non-hydrogen) atoms. The minimum absolute atomic E-state index is 0.147. The van der Waals surface area contributed by atoms with Crippen LogP contribution in [0.4, 0.5) is 22.7 Å². The molecule has 8 nitrogen and oxygen atoms in total. The highest BCUT2D eigenvalue weighted by Crippen LogP contribution is 2.38. The van der Waals surface area contributed by atoms with Crippen LogP contribution in [0.3, 0.4) is 0 Å². The number of hydrogen-bond acceptors (Lipinski definition) is 6. The molecular weight excluding hydrogens is 622 g/mol. The lowest BCUT2D eigenvalue weighted by Crippen LogP contribution is -2.36. The first-order valence-electron chi connectivity index (χ1n) is 16.2. The van der Waals surface area contributed by atoms with Crippen molar-refractivity contribution in [1.82, 2.24) is 9.55 Å². The summed E-state index contributed by atoms with van der Waals surface area (Å²) in [6.07, 6.45) is 6.57. The molecule has 2 aliphatic heterocycles. The van der Waals surface area contributed by atoms with Crippen molar-refractivity contribution >= 4 is 51.2 Å². The summed E-state index contributed by atoms with van der Waals surface area (Å²) in [6.45, 7) is 4.56. The largest absolute Gasteiger partial charge is 0.493 e. The fourth-order valence-electron chi connectivity index (χ4n) is 6.45. The van der Waals surface area contributed by atoms with Crippen LogP contribution in [-0.4, -0.2) is 48.4 Å².